The van der Waals surface area contributed by atoms with Gasteiger partial charge < -0.3 is 11.5 Å². The maximum Gasteiger partial charge on any atom is 0.123 e. The fourth-order valence-corrected chi connectivity index (χ4v) is 1.37. The van der Waals surface area contributed by atoms with Crippen molar-refractivity contribution < 1.29 is 4.39 Å². The molecule has 0 saturated heterocycles. The van der Waals surface area contributed by atoms with Gasteiger partial charge in [-0.3, -0.25) is 4.98 Å². The van der Waals surface area contributed by atoms with E-state index >= 15 is 0 Å². The number of nitrogens with zero attached hydrogens (tertiary/aromatic N) is 1. The number of hydrogen-bond donors (Lipinski definition) is 2. The summed E-state index contributed by atoms with van der Waals surface area (Å²) in [7, 11) is 0. The predicted octanol–water partition coefficient (Wildman–Crippen LogP) is 2.90. The number of anilines is 2. The second-order valence-electron chi connectivity index (χ2n) is 3.20. The average Bonchev–Trinajstić information content (AvgIpc) is 2.22. The Bertz CT molecular complexity index is 506. The van der Waals surface area contributed by atoms with Crippen molar-refractivity contribution in [2.24, 2.45) is 0 Å². The van der Waals surface area contributed by atoms with Gasteiger partial charge in [-0.05, 0) is 17.7 Å². The molecule has 0 unspecified atom stereocenters. The molecule has 17 heavy (non-hydrogen) atoms. The fourth-order valence-electron chi connectivity index (χ4n) is 1.37. The number of hydrogen-bond acceptors (Lipinski definition) is 3. The minimum absolute atomic E-state index is 0. The highest BCUT2D eigenvalue weighted by Crippen LogP contribution is 2.28. The van der Waals surface area contributed by atoms with E-state index in [0.717, 1.165) is 0 Å². The molecule has 0 amide bonds. The molecule has 0 aliphatic rings. The third kappa shape index (κ3) is 3.22. The van der Waals surface area contributed by atoms with Gasteiger partial charge in [0.1, 0.15) is 5.82 Å². The van der Waals surface area contributed by atoms with Crippen LogP contribution in [0.2, 0.25) is 0 Å². The molecule has 1 heterocycles. The monoisotopic (exact) mass is 275 g/mol. The number of benzene rings is 1. The Morgan fingerprint density at radius 3 is 2.41 bits per heavy atom. The molecule has 4 N–H and O–H groups in total. The van der Waals surface area contributed by atoms with Gasteiger partial charge in [0.25, 0.3) is 0 Å². The highest BCUT2D eigenvalue weighted by Gasteiger charge is 2.06. The number of pyridine rings is 1. The van der Waals surface area contributed by atoms with E-state index in [1.165, 1.54) is 18.3 Å². The first-order valence-corrected chi connectivity index (χ1v) is 4.43. The molecule has 3 nitrogen and oxygen atoms in total. The van der Waals surface area contributed by atoms with E-state index in [-0.39, 0.29) is 30.6 Å². The number of halogens is 3. The molecular formula is C11H12Cl2FN3. The molecule has 0 aliphatic carbocycles. The van der Waals surface area contributed by atoms with E-state index in [2.05, 4.69) is 4.98 Å². The van der Waals surface area contributed by atoms with Crippen LogP contribution in [0.15, 0.2) is 36.7 Å². The molecule has 2 aromatic rings. The van der Waals surface area contributed by atoms with Crippen molar-refractivity contribution >= 4 is 36.2 Å². The molecule has 1 aromatic carbocycles. The van der Waals surface area contributed by atoms with Gasteiger partial charge >= 0.3 is 0 Å². The van der Waals surface area contributed by atoms with Crippen molar-refractivity contribution in [3.05, 3.63) is 42.5 Å². The Balaban J connectivity index is 0.00000128. The van der Waals surface area contributed by atoms with Crippen molar-refractivity contribution in [2.45, 2.75) is 0 Å². The van der Waals surface area contributed by atoms with Crippen LogP contribution < -0.4 is 11.5 Å². The van der Waals surface area contributed by atoms with Crippen LogP contribution in [-0.4, -0.2) is 4.98 Å². The summed E-state index contributed by atoms with van der Waals surface area (Å²) < 4.78 is 13.0. The molecule has 0 bridgehead atoms. The second kappa shape index (κ2) is 6.27. The quantitative estimate of drug-likeness (QED) is 0.841. The fraction of sp³-hybridized carbons (Fsp3) is 0. The van der Waals surface area contributed by atoms with Crippen molar-refractivity contribution in [3.63, 3.8) is 0 Å². The van der Waals surface area contributed by atoms with Gasteiger partial charge in [0, 0.05) is 11.8 Å². The SMILES string of the molecule is Cl.Cl.Nc1cncc(-c2cccc(F)c2)c1N. The van der Waals surface area contributed by atoms with Crippen molar-refractivity contribution in [1.82, 2.24) is 4.98 Å². The Labute approximate surface area is 111 Å². The Kier molecular flexibility index (Phi) is 5.71. The van der Waals surface area contributed by atoms with E-state index < -0.39 is 0 Å². The molecular weight excluding hydrogens is 264 g/mol. The van der Waals surface area contributed by atoms with Gasteiger partial charge in [-0.15, -0.1) is 24.8 Å². The summed E-state index contributed by atoms with van der Waals surface area (Å²) in [5, 5.41) is 0. The highest BCUT2D eigenvalue weighted by molar-refractivity contribution is 5.85. The number of nitrogens with two attached hydrogens (primary N) is 2. The number of aromatic nitrogens is 1. The first-order valence-electron chi connectivity index (χ1n) is 4.43. The first kappa shape index (κ1) is 15.5. The molecule has 0 radical (unpaired) electrons. The zero-order valence-corrected chi connectivity index (χ0v) is 10.4. The molecule has 0 aliphatic heterocycles. The molecule has 0 spiro atoms. The molecule has 0 atom stereocenters. The molecule has 1 aromatic heterocycles. The zero-order chi connectivity index (χ0) is 10.8. The lowest BCUT2D eigenvalue weighted by Crippen LogP contribution is -1.98. The number of nitrogen functional groups attached to an aromatic ring is 2. The normalized spacial score (nSPS) is 9.00. The van der Waals surface area contributed by atoms with Crippen LogP contribution in [0.1, 0.15) is 0 Å². The topological polar surface area (TPSA) is 64.9 Å². The zero-order valence-electron chi connectivity index (χ0n) is 8.76. The van der Waals surface area contributed by atoms with Crippen LogP contribution >= 0.6 is 24.8 Å². The largest absolute Gasteiger partial charge is 0.396 e. The Morgan fingerprint density at radius 2 is 1.76 bits per heavy atom. The third-order valence-corrected chi connectivity index (χ3v) is 2.15. The van der Waals surface area contributed by atoms with Crippen molar-refractivity contribution in [2.75, 3.05) is 11.5 Å². The Morgan fingerprint density at radius 1 is 1.06 bits per heavy atom. The summed E-state index contributed by atoms with van der Waals surface area (Å²) in [5.41, 5.74) is 13.5. The van der Waals surface area contributed by atoms with Crippen LogP contribution in [0.5, 0.6) is 0 Å². The second-order valence-corrected chi connectivity index (χ2v) is 3.20. The van der Waals surface area contributed by atoms with Gasteiger partial charge in [-0.1, -0.05) is 12.1 Å². The molecule has 0 fully saturated rings. The summed E-state index contributed by atoms with van der Waals surface area (Å²) in [5.74, 6) is -0.311. The van der Waals surface area contributed by atoms with Crippen LogP contribution in [-0.2, 0) is 0 Å². The van der Waals surface area contributed by atoms with Crippen LogP contribution in [0.4, 0.5) is 15.8 Å². The van der Waals surface area contributed by atoms with Gasteiger partial charge in [0.15, 0.2) is 0 Å². The lowest BCUT2D eigenvalue weighted by molar-refractivity contribution is 0.628. The van der Waals surface area contributed by atoms with Crippen LogP contribution in [0.3, 0.4) is 0 Å². The summed E-state index contributed by atoms with van der Waals surface area (Å²) >= 11 is 0. The van der Waals surface area contributed by atoms with E-state index in [4.69, 9.17) is 11.5 Å². The minimum Gasteiger partial charge on any atom is -0.396 e. The van der Waals surface area contributed by atoms with Crippen LogP contribution in [0.25, 0.3) is 11.1 Å². The number of rotatable bonds is 1. The molecule has 0 saturated carbocycles. The maximum atomic E-state index is 13.0. The van der Waals surface area contributed by atoms with E-state index in [1.54, 1.807) is 18.3 Å². The molecule has 2 rings (SSSR count). The summed E-state index contributed by atoms with van der Waals surface area (Å²) in [4.78, 5) is 3.92. The van der Waals surface area contributed by atoms with Gasteiger partial charge in [0.2, 0.25) is 0 Å². The van der Waals surface area contributed by atoms with E-state index in [9.17, 15) is 4.39 Å². The summed E-state index contributed by atoms with van der Waals surface area (Å²) in [6.45, 7) is 0. The van der Waals surface area contributed by atoms with Crippen molar-refractivity contribution in [1.29, 1.82) is 0 Å². The highest BCUT2D eigenvalue weighted by atomic mass is 35.5. The maximum absolute atomic E-state index is 13.0. The summed E-state index contributed by atoms with van der Waals surface area (Å²) in [6.07, 6.45) is 3.04. The molecule has 6 heteroatoms. The van der Waals surface area contributed by atoms with Crippen molar-refractivity contribution in [3.8, 4) is 11.1 Å². The molecule has 92 valence electrons. The van der Waals surface area contributed by atoms with Gasteiger partial charge in [-0.25, -0.2) is 4.39 Å². The Hall–Kier alpha value is -1.52. The lowest BCUT2D eigenvalue weighted by atomic mass is 10.1. The van der Waals surface area contributed by atoms with Gasteiger partial charge in [0.05, 0.1) is 17.6 Å². The predicted molar refractivity (Wildman–Crippen MR) is 73.0 cm³/mol. The third-order valence-electron chi connectivity index (χ3n) is 2.15. The first-order chi connectivity index (χ1) is 7.18. The summed E-state index contributed by atoms with van der Waals surface area (Å²) in [6, 6.07) is 6.15. The average molecular weight is 276 g/mol. The standard InChI is InChI=1S/C11H10FN3.2ClH/c12-8-3-1-2-7(4-8)9-5-15-6-10(13)11(9)14;;/h1-6H,13H2,(H2,14,15);2*1H. The lowest BCUT2D eigenvalue weighted by Gasteiger charge is -2.07. The smallest absolute Gasteiger partial charge is 0.123 e. The minimum atomic E-state index is -0.311. The van der Waals surface area contributed by atoms with E-state index in [0.29, 0.717) is 22.5 Å². The van der Waals surface area contributed by atoms with Crippen LogP contribution in [0, 0.1) is 5.82 Å². The van der Waals surface area contributed by atoms with E-state index in [1.807, 2.05) is 0 Å². The van der Waals surface area contributed by atoms with Gasteiger partial charge in [-0.2, -0.15) is 0 Å².